The minimum atomic E-state index is -4.95. The van der Waals surface area contributed by atoms with Crippen LogP contribution in [0.15, 0.2) is 0 Å². The number of aliphatic hydroxyl groups excluding tert-OH is 1. The SMILES string of the molecule is CCCCCCCC(=O)OC[C@H](COP(=O)(O)OC[C@H](O)COP(=O)(O)OC[C@@H](COC(=O)CCCCCCCCCCCC(C)C)OC(=O)CCCCCCCCCCCCCCCCCCC(C)C)OC(=O)CCCCCCCCCC(C)C. The van der Waals surface area contributed by atoms with E-state index in [-0.39, 0.29) is 25.7 Å². The highest BCUT2D eigenvalue weighted by Gasteiger charge is 2.30. The summed E-state index contributed by atoms with van der Waals surface area (Å²) in [5.41, 5.74) is 0. The third kappa shape index (κ3) is 60.9. The topological polar surface area (TPSA) is 237 Å². The van der Waals surface area contributed by atoms with Gasteiger partial charge in [-0.05, 0) is 43.4 Å². The molecule has 19 heteroatoms. The maximum Gasteiger partial charge on any atom is 0.472 e. The molecule has 0 aliphatic carbocycles. The lowest BCUT2D eigenvalue weighted by molar-refractivity contribution is -0.161. The summed E-state index contributed by atoms with van der Waals surface area (Å²) in [7, 11) is -9.88. The van der Waals surface area contributed by atoms with Crippen LogP contribution in [-0.2, 0) is 65.4 Å². The van der Waals surface area contributed by atoms with Crippen LogP contribution in [0.2, 0.25) is 0 Å². The molecule has 3 N–H and O–H groups in total. The summed E-state index contributed by atoms with van der Waals surface area (Å²) in [5, 5.41) is 10.5. The monoisotopic (exact) mass is 1270 g/mol. The second-order valence-corrected chi connectivity index (χ2v) is 28.5. The summed E-state index contributed by atoms with van der Waals surface area (Å²) >= 11 is 0. The number of ether oxygens (including phenoxy) is 4. The van der Waals surface area contributed by atoms with E-state index in [2.05, 4.69) is 48.5 Å². The minimum absolute atomic E-state index is 0.102. The molecule has 0 radical (unpaired) electrons. The van der Waals surface area contributed by atoms with Crippen molar-refractivity contribution in [2.75, 3.05) is 39.6 Å². The number of hydrogen-bond acceptors (Lipinski definition) is 15. The van der Waals surface area contributed by atoms with Gasteiger partial charge in [-0.15, -0.1) is 0 Å². The third-order valence-electron chi connectivity index (χ3n) is 15.4. The van der Waals surface area contributed by atoms with E-state index in [0.29, 0.717) is 31.6 Å². The fourth-order valence-corrected chi connectivity index (χ4v) is 11.6. The minimum Gasteiger partial charge on any atom is -0.462 e. The second kappa shape index (κ2) is 58.2. The summed E-state index contributed by atoms with van der Waals surface area (Å²) in [6, 6.07) is 0. The zero-order chi connectivity index (χ0) is 63.8. The largest absolute Gasteiger partial charge is 0.472 e. The first kappa shape index (κ1) is 84.1. The van der Waals surface area contributed by atoms with Gasteiger partial charge < -0.3 is 33.8 Å². The normalized spacial score (nSPS) is 14.3. The third-order valence-corrected chi connectivity index (χ3v) is 17.3. The predicted octanol–water partition coefficient (Wildman–Crippen LogP) is 18.7. The summed E-state index contributed by atoms with van der Waals surface area (Å²) in [6.45, 7) is 11.7. The van der Waals surface area contributed by atoms with E-state index in [1.165, 1.54) is 135 Å². The summed E-state index contributed by atoms with van der Waals surface area (Å²) in [5.74, 6) is 0.105. The van der Waals surface area contributed by atoms with Gasteiger partial charge in [-0.2, -0.15) is 0 Å². The predicted molar refractivity (Wildman–Crippen MR) is 344 cm³/mol. The summed E-state index contributed by atoms with van der Waals surface area (Å²) in [6.07, 6.45) is 40.9. The number of esters is 4. The Hall–Kier alpha value is -1.94. The average Bonchev–Trinajstić information content (AvgIpc) is 3.63. The molecular formula is C67H130O17P2. The molecular weight excluding hydrogens is 1140 g/mol. The van der Waals surface area contributed by atoms with Gasteiger partial charge in [0, 0.05) is 25.7 Å². The maximum absolute atomic E-state index is 13.0. The van der Waals surface area contributed by atoms with Crippen LogP contribution in [0, 0.1) is 17.8 Å². The van der Waals surface area contributed by atoms with Crippen molar-refractivity contribution in [2.24, 2.45) is 17.8 Å². The Morgan fingerprint density at radius 3 is 0.791 bits per heavy atom. The molecule has 510 valence electrons. The van der Waals surface area contributed by atoms with Gasteiger partial charge >= 0.3 is 39.5 Å². The number of carbonyl (C=O) groups is 4. The lowest BCUT2D eigenvalue weighted by Crippen LogP contribution is -2.30. The lowest BCUT2D eigenvalue weighted by atomic mass is 10.0. The van der Waals surface area contributed by atoms with E-state index in [1.54, 1.807) is 0 Å². The van der Waals surface area contributed by atoms with Crippen molar-refractivity contribution in [3.63, 3.8) is 0 Å². The molecule has 0 saturated carbocycles. The Labute approximate surface area is 524 Å². The molecule has 0 spiro atoms. The van der Waals surface area contributed by atoms with Crippen LogP contribution in [0.3, 0.4) is 0 Å². The molecule has 0 aliphatic rings. The quantitative estimate of drug-likeness (QED) is 0.0222. The standard InChI is InChI=1S/C67H130O17P2/c1-8-9-10-31-41-48-64(69)77-54-62(83-67(72)51-44-37-30-24-27-34-40-47-60(6)7)56-81-85(73,74)79-52-61(68)53-80-86(75,76)82-57-63(55-78-65(70)49-42-35-28-23-19-21-26-33-39-46-59(4)5)84-66(71)50-43-36-29-22-18-16-14-12-11-13-15-17-20-25-32-38-45-58(2)3/h58-63,68H,8-57H2,1-7H3,(H,73,74)(H,75,76)/t61-,62+,63+/m0/s1. The van der Waals surface area contributed by atoms with Crippen LogP contribution >= 0.6 is 15.6 Å². The number of phosphoric ester groups is 2. The first-order valence-corrected chi connectivity index (χ1v) is 37.8. The van der Waals surface area contributed by atoms with Crippen molar-refractivity contribution in [2.45, 2.75) is 349 Å². The summed E-state index contributed by atoms with van der Waals surface area (Å²) < 4.78 is 67.9. The van der Waals surface area contributed by atoms with Crippen LogP contribution in [0.5, 0.6) is 0 Å². The maximum atomic E-state index is 13.0. The van der Waals surface area contributed by atoms with E-state index >= 15 is 0 Å². The van der Waals surface area contributed by atoms with Crippen molar-refractivity contribution in [3.8, 4) is 0 Å². The number of unbranched alkanes of at least 4 members (excludes halogenated alkanes) is 33. The van der Waals surface area contributed by atoms with Crippen LogP contribution in [0.25, 0.3) is 0 Å². The lowest BCUT2D eigenvalue weighted by Gasteiger charge is -2.21. The van der Waals surface area contributed by atoms with E-state index < -0.39 is 97.5 Å². The molecule has 5 atom stereocenters. The molecule has 0 aromatic carbocycles. The molecule has 0 aromatic rings. The van der Waals surface area contributed by atoms with Gasteiger partial charge in [0.1, 0.15) is 19.3 Å². The number of aliphatic hydroxyl groups is 1. The molecule has 0 fully saturated rings. The van der Waals surface area contributed by atoms with Crippen molar-refractivity contribution in [1.29, 1.82) is 0 Å². The van der Waals surface area contributed by atoms with E-state index in [9.17, 15) is 43.2 Å². The molecule has 0 amide bonds. The smallest absolute Gasteiger partial charge is 0.462 e. The Kier molecular flexibility index (Phi) is 56.9. The van der Waals surface area contributed by atoms with E-state index in [0.717, 1.165) is 108 Å². The first-order chi connectivity index (χ1) is 41.2. The van der Waals surface area contributed by atoms with Gasteiger partial charge in [-0.3, -0.25) is 37.3 Å². The Bertz CT molecular complexity index is 1700. The fourth-order valence-electron chi connectivity index (χ4n) is 10.0. The van der Waals surface area contributed by atoms with E-state index in [1.807, 2.05) is 0 Å². The van der Waals surface area contributed by atoms with Gasteiger partial charge in [0.05, 0.1) is 26.4 Å². The van der Waals surface area contributed by atoms with Crippen LogP contribution in [0.4, 0.5) is 0 Å². The Morgan fingerprint density at radius 1 is 0.314 bits per heavy atom. The van der Waals surface area contributed by atoms with Crippen LogP contribution < -0.4 is 0 Å². The first-order valence-electron chi connectivity index (χ1n) is 34.8. The number of phosphoric acid groups is 2. The fraction of sp³-hybridized carbons (Fsp3) is 0.940. The van der Waals surface area contributed by atoms with Crippen LogP contribution in [-0.4, -0.2) is 96.7 Å². The highest BCUT2D eigenvalue weighted by molar-refractivity contribution is 7.47. The van der Waals surface area contributed by atoms with E-state index in [4.69, 9.17) is 37.0 Å². The molecule has 0 rings (SSSR count). The van der Waals surface area contributed by atoms with Gasteiger partial charge in [0.25, 0.3) is 0 Å². The molecule has 0 saturated heterocycles. The molecule has 0 aromatic heterocycles. The molecule has 0 aliphatic heterocycles. The zero-order valence-corrected chi connectivity index (χ0v) is 57.6. The molecule has 86 heavy (non-hydrogen) atoms. The molecule has 0 bridgehead atoms. The zero-order valence-electron chi connectivity index (χ0n) is 55.8. The molecule has 17 nitrogen and oxygen atoms in total. The van der Waals surface area contributed by atoms with Crippen molar-refractivity contribution in [1.82, 2.24) is 0 Å². The average molecular weight is 1270 g/mol. The van der Waals surface area contributed by atoms with Gasteiger partial charge in [0.2, 0.25) is 0 Å². The molecule has 0 heterocycles. The van der Waals surface area contributed by atoms with Crippen LogP contribution in [0.1, 0.15) is 331 Å². The highest BCUT2D eigenvalue weighted by atomic mass is 31.2. The Balaban J connectivity index is 5.14. The highest BCUT2D eigenvalue weighted by Crippen LogP contribution is 2.45. The van der Waals surface area contributed by atoms with Crippen molar-refractivity contribution < 1.29 is 80.2 Å². The number of hydrogen-bond donors (Lipinski definition) is 3. The number of rotatable bonds is 65. The second-order valence-electron chi connectivity index (χ2n) is 25.6. The van der Waals surface area contributed by atoms with Gasteiger partial charge in [-0.25, -0.2) is 9.13 Å². The van der Waals surface area contributed by atoms with Gasteiger partial charge in [-0.1, -0.05) is 280 Å². The summed E-state index contributed by atoms with van der Waals surface area (Å²) in [4.78, 5) is 72.1. The van der Waals surface area contributed by atoms with Crippen molar-refractivity contribution >= 4 is 39.5 Å². The van der Waals surface area contributed by atoms with Crippen molar-refractivity contribution in [3.05, 3.63) is 0 Å². The van der Waals surface area contributed by atoms with Gasteiger partial charge in [0.15, 0.2) is 12.2 Å². The Morgan fingerprint density at radius 2 is 0.535 bits per heavy atom. The molecule has 2 unspecified atom stereocenters. The number of carbonyl (C=O) groups excluding carboxylic acids is 4.